The molecule has 0 saturated heterocycles. The normalized spacial score (nSPS) is 11.2. The molecule has 0 aliphatic heterocycles. The third-order valence-corrected chi connectivity index (χ3v) is 3.26. The van der Waals surface area contributed by atoms with Gasteiger partial charge in [0, 0.05) is 18.9 Å². The summed E-state index contributed by atoms with van der Waals surface area (Å²) in [5.74, 6) is 0.339. The Balaban J connectivity index is 2.43. The lowest BCUT2D eigenvalue weighted by Gasteiger charge is -2.22. The number of alkyl halides is 3. The van der Waals surface area contributed by atoms with Crippen molar-refractivity contribution in [2.75, 3.05) is 25.7 Å². The number of hydrogen-bond acceptors (Lipinski definition) is 5. The van der Waals surface area contributed by atoms with Crippen LogP contribution in [-0.4, -0.2) is 30.7 Å². The van der Waals surface area contributed by atoms with Gasteiger partial charge in [0.15, 0.2) is 5.82 Å². The number of nitrogens with zero attached hydrogens (tertiary/aromatic N) is 3. The summed E-state index contributed by atoms with van der Waals surface area (Å²) in [5, 5.41) is 0. The first kappa shape index (κ1) is 17.8. The zero-order valence-corrected chi connectivity index (χ0v) is 13.6. The van der Waals surface area contributed by atoms with Crippen LogP contribution < -0.4 is 14.4 Å². The molecular formula is C16H18F3N3O2. The van der Waals surface area contributed by atoms with E-state index in [9.17, 15) is 13.2 Å². The molecule has 0 amide bonds. The average Bonchev–Trinajstić information content (AvgIpc) is 2.58. The number of anilines is 2. The Labute approximate surface area is 138 Å². The van der Waals surface area contributed by atoms with E-state index in [1.54, 1.807) is 24.3 Å². The summed E-state index contributed by atoms with van der Waals surface area (Å²) >= 11 is 0. The van der Waals surface area contributed by atoms with Crippen LogP contribution in [0.15, 0.2) is 30.5 Å². The van der Waals surface area contributed by atoms with Crippen molar-refractivity contribution >= 4 is 11.5 Å². The van der Waals surface area contributed by atoms with E-state index in [1.807, 2.05) is 6.92 Å². The second-order valence-corrected chi connectivity index (χ2v) is 4.99. The number of methoxy groups -OCH3 is 1. The van der Waals surface area contributed by atoms with Gasteiger partial charge >= 0.3 is 12.2 Å². The zero-order chi connectivity index (χ0) is 17.7. The van der Waals surface area contributed by atoms with Crippen molar-refractivity contribution in [3.8, 4) is 11.8 Å². The van der Waals surface area contributed by atoms with Gasteiger partial charge < -0.3 is 14.4 Å². The number of aromatic nitrogens is 2. The van der Waals surface area contributed by atoms with Gasteiger partial charge in [-0.25, -0.2) is 4.98 Å². The lowest BCUT2D eigenvalue weighted by molar-refractivity contribution is -0.137. The summed E-state index contributed by atoms with van der Waals surface area (Å²) in [6.45, 7) is 2.21. The predicted molar refractivity (Wildman–Crippen MR) is 83.9 cm³/mol. The van der Waals surface area contributed by atoms with E-state index < -0.39 is 11.7 Å². The standard InChI is InChI=1S/C16H18F3N3O2/c1-4-9-24-15-20-10-13(16(17,18)19)14(21-15)22(2)11-5-7-12(23-3)8-6-11/h5-8,10H,4,9H2,1-3H3. The summed E-state index contributed by atoms with van der Waals surface area (Å²) < 4.78 is 50.1. The van der Waals surface area contributed by atoms with Crippen LogP contribution in [0.25, 0.3) is 0 Å². The van der Waals surface area contributed by atoms with Crippen molar-refractivity contribution in [3.63, 3.8) is 0 Å². The lowest BCUT2D eigenvalue weighted by atomic mass is 10.2. The SMILES string of the molecule is CCCOc1ncc(C(F)(F)F)c(N(C)c2ccc(OC)cc2)n1. The quantitative estimate of drug-likeness (QED) is 0.793. The molecule has 0 aliphatic carbocycles. The highest BCUT2D eigenvalue weighted by atomic mass is 19.4. The van der Waals surface area contributed by atoms with Crippen molar-refractivity contribution in [2.24, 2.45) is 0 Å². The number of ether oxygens (including phenoxy) is 2. The van der Waals surface area contributed by atoms with Crippen molar-refractivity contribution < 1.29 is 22.6 Å². The molecule has 1 aromatic heterocycles. The second kappa shape index (κ2) is 7.37. The molecule has 1 heterocycles. The van der Waals surface area contributed by atoms with Crippen LogP contribution in [0.2, 0.25) is 0 Å². The third-order valence-electron chi connectivity index (χ3n) is 3.26. The van der Waals surface area contributed by atoms with E-state index >= 15 is 0 Å². The number of hydrogen-bond donors (Lipinski definition) is 0. The molecule has 0 unspecified atom stereocenters. The Kier molecular flexibility index (Phi) is 5.48. The van der Waals surface area contributed by atoms with Crippen LogP contribution >= 0.6 is 0 Å². The molecule has 0 N–H and O–H groups in total. The fourth-order valence-corrected chi connectivity index (χ4v) is 2.00. The minimum absolute atomic E-state index is 0.0831. The van der Waals surface area contributed by atoms with Gasteiger partial charge in [-0.1, -0.05) is 6.92 Å². The lowest BCUT2D eigenvalue weighted by Crippen LogP contribution is -2.19. The summed E-state index contributed by atoms with van der Waals surface area (Å²) in [4.78, 5) is 8.92. The Bertz CT molecular complexity index is 675. The second-order valence-electron chi connectivity index (χ2n) is 4.99. The number of benzene rings is 1. The van der Waals surface area contributed by atoms with Gasteiger partial charge in [0.2, 0.25) is 0 Å². The maximum atomic E-state index is 13.3. The molecule has 8 heteroatoms. The molecule has 0 radical (unpaired) electrons. The molecule has 5 nitrogen and oxygen atoms in total. The van der Waals surface area contributed by atoms with E-state index in [-0.39, 0.29) is 11.8 Å². The van der Waals surface area contributed by atoms with Gasteiger partial charge in [-0.3, -0.25) is 0 Å². The first-order valence-electron chi connectivity index (χ1n) is 7.31. The molecule has 0 bridgehead atoms. The Hall–Kier alpha value is -2.51. The van der Waals surface area contributed by atoms with E-state index in [0.29, 0.717) is 24.5 Å². The molecule has 2 aromatic rings. The van der Waals surface area contributed by atoms with Crippen LogP contribution in [0, 0.1) is 0 Å². The van der Waals surface area contributed by atoms with Gasteiger partial charge in [0.25, 0.3) is 0 Å². The number of halogens is 3. The highest BCUT2D eigenvalue weighted by molar-refractivity contribution is 5.63. The summed E-state index contributed by atoms with van der Waals surface area (Å²) in [5.41, 5.74) is -0.397. The Morgan fingerprint density at radius 2 is 1.83 bits per heavy atom. The fraction of sp³-hybridized carbons (Fsp3) is 0.375. The van der Waals surface area contributed by atoms with E-state index in [0.717, 1.165) is 6.20 Å². The summed E-state index contributed by atoms with van der Waals surface area (Å²) in [6, 6.07) is 6.53. The van der Waals surface area contributed by atoms with Gasteiger partial charge in [-0.15, -0.1) is 0 Å². The molecule has 2 rings (SSSR count). The van der Waals surface area contributed by atoms with Crippen LogP contribution in [0.3, 0.4) is 0 Å². The third kappa shape index (κ3) is 4.06. The minimum atomic E-state index is -4.57. The number of rotatable bonds is 6. The maximum absolute atomic E-state index is 13.3. The highest BCUT2D eigenvalue weighted by Crippen LogP contribution is 2.37. The fourth-order valence-electron chi connectivity index (χ4n) is 2.00. The zero-order valence-electron chi connectivity index (χ0n) is 13.6. The van der Waals surface area contributed by atoms with Gasteiger partial charge in [-0.2, -0.15) is 18.2 Å². The van der Waals surface area contributed by atoms with Crippen LogP contribution in [-0.2, 0) is 6.18 Å². The van der Waals surface area contributed by atoms with Crippen molar-refractivity contribution in [2.45, 2.75) is 19.5 Å². The van der Waals surface area contributed by atoms with E-state index in [4.69, 9.17) is 9.47 Å². The van der Waals surface area contributed by atoms with Crippen molar-refractivity contribution in [3.05, 3.63) is 36.0 Å². The van der Waals surface area contributed by atoms with Crippen molar-refractivity contribution in [1.29, 1.82) is 0 Å². The van der Waals surface area contributed by atoms with Gasteiger partial charge in [-0.05, 0) is 30.7 Å². The molecule has 0 atom stereocenters. The Morgan fingerprint density at radius 3 is 2.38 bits per heavy atom. The van der Waals surface area contributed by atoms with Crippen LogP contribution in [0.4, 0.5) is 24.7 Å². The maximum Gasteiger partial charge on any atom is 0.421 e. The van der Waals surface area contributed by atoms with Gasteiger partial charge in [0.1, 0.15) is 11.3 Å². The van der Waals surface area contributed by atoms with Gasteiger partial charge in [0.05, 0.1) is 13.7 Å². The summed E-state index contributed by atoms with van der Waals surface area (Å²) in [6.07, 6.45) is -3.12. The summed E-state index contributed by atoms with van der Waals surface area (Å²) in [7, 11) is 3.02. The predicted octanol–water partition coefficient (Wildman–Crippen LogP) is 4.06. The smallest absolute Gasteiger partial charge is 0.421 e. The largest absolute Gasteiger partial charge is 0.497 e. The highest BCUT2D eigenvalue weighted by Gasteiger charge is 2.36. The molecule has 24 heavy (non-hydrogen) atoms. The molecule has 130 valence electrons. The average molecular weight is 341 g/mol. The van der Waals surface area contributed by atoms with Crippen LogP contribution in [0.1, 0.15) is 18.9 Å². The molecule has 0 fully saturated rings. The molecule has 0 saturated carbocycles. The minimum Gasteiger partial charge on any atom is -0.497 e. The van der Waals surface area contributed by atoms with Crippen molar-refractivity contribution in [1.82, 2.24) is 9.97 Å². The monoisotopic (exact) mass is 341 g/mol. The first-order chi connectivity index (χ1) is 11.4. The first-order valence-corrected chi connectivity index (χ1v) is 7.31. The molecular weight excluding hydrogens is 323 g/mol. The molecule has 0 spiro atoms. The van der Waals surface area contributed by atoms with E-state index in [2.05, 4.69) is 9.97 Å². The molecule has 0 aliphatic rings. The Morgan fingerprint density at radius 1 is 1.17 bits per heavy atom. The molecule has 1 aromatic carbocycles. The topological polar surface area (TPSA) is 47.5 Å². The van der Waals surface area contributed by atoms with Crippen LogP contribution in [0.5, 0.6) is 11.8 Å². The van der Waals surface area contributed by atoms with E-state index in [1.165, 1.54) is 19.1 Å².